The van der Waals surface area contributed by atoms with Crippen LogP contribution in [0.25, 0.3) is 0 Å². The third-order valence-corrected chi connectivity index (χ3v) is 4.99. The van der Waals surface area contributed by atoms with E-state index in [1.165, 1.54) is 0 Å². The van der Waals surface area contributed by atoms with Gasteiger partial charge in [-0.25, -0.2) is 0 Å². The Bertz CT molecular complexity index is 512. The van der Waals surface area contributed by atoms with Gasteiger partial charge in [-0.15, -0.1) is 0 Å². The van der Waals surface area contributed by atoms with Gasteiger partial charge in [-0.05, 0) is 43.0 Å². The highest BCUT2D eigenvalue weighted by Gasteiger charge is 2.28. The summed E-state index contributed by atoms with van der Waals surface area (Å²) >= 11 is 0. The van der Waals surface area contributed by atoms with Gasteiger partial charge in [0.2, 0.25) is 0 Å². The summed E-state index contributed by atoms with van der Waals surface area (Å²) in [5.41, 5.74) is 2.10. The molecule has 3 atom stereocenters. The number of fused-ring (bicyclic) bond motifs is 1. The molecule has 22 heavy (non-hydrogen) atoms. The number of ether oxygens (including phenoxy) is 1. The second-order valence-corrected chi connectivity index (χ2v) is 7.06. The molecule has 4 nitrogen and oxygen atoms in total. The van der Waals surface area contributed by atoms with Crippen molar-refractivity contribution in [1.29, 1.82) is 0 Å². The average molecular weight is 304 g/mol. The molecular weight excluding hydrogens is 276 g/mol. The standard InChI is InChI=1S/C18H28N2O2/c1-12(2)17-11-20(3)15-9-13(6-7-16(15)22-17)18(21)14-5-4-8-19-10-14/h6-7,9,12,14,17-19,21H,4-5,8,10-11H2,1-3H3. The molecule has 0 aliphatic carbocycles. The van der Waals surface area contributed by atoms with Crippen molar-refractivity contribution < 1.29 is 9.84 Å². The number of hydrogen-bond donors (Lipinski definition) is 2. The number of hydrogen-bond acceptors (Lipinski definition) is 4. The maximum Gasteiger partial charge on any atom is 0.143 e. The van der Waals surface area contributed by atoms with Gasteiger partial charge in [0, 0.05) is 19.5 Å². The molecule has 2 N–H and O–H groups in total. The molecule has 1 aromatic rings. The number of likely N-dealkylation sites (N-methyl/N-ethyl adjacent to an activating group) is 1. The molecule has 2 aliphatic heterocycles. The Labute approximate surface area is 133 Å². The van der Waals surface area contributed by atoms with Gasteiger partial charge >= 0.3 is 0 Å². The average Bonchev–Trinajstić information content (AvgIpc) is 2.54. The molecule has 3 unspecified atom stereocenters. The van der Waals surface area contributed by atoms with Crippen LogP contribution < -0.4 is 15.0 Å². The van der Waals surface area contributed by atoms with Gasteiger partial charge in [-0.1, -0.05) is 19.9 Å². The molecule has 3 rings (SSSR count). The molecule has 1 saturated heterocycles. The van der Waals surface area contributed by atoms with E-state index >= 15 is 0 Å². The maximum absolute atomic E-state index is 10.7. The van der Waals surface area contributed by atoms with E-state index in [-0.39, 0.29) is 6.10 Å². The van der Waals surface area contributed by atoms with Gasteiger partial charge in [-0.3, -0.25) is 0 Å². The predicted molar refractivity (Wildman–Crippen MR) is 89.5 cm³/mol. The van der Waals surface area contributed by atoms with Crippen LogP contribution in [-0.4, -0.2) is 37.9 Å². The van der Waals surface area contributed by atoms with Crippen LogP contribution in [0.15, 0.2) is 18.2 Å². The van der Waals surface area contributed by atoms with Crippen molar-refractivity contribution in [3.63, 3.8) is 0 Å². The van der Waals surface area contributed by atoms with E-state index < -0.39 is 6.10 Å². The van der Waals surface area contributed by atoms with Crippen molar-refractivity contribution in [3.05, 3.63) is 23.8 Å². The first kappa shape index (κ1) is 15.6. The van der Waals surface area contributed by atoms with Crippen molar-refractivity contribution in [2.45, 2.75) is 38.9 Å². The summed E-state index contributed by atoms with van der Waals surface area (Å²) in [6, 6.07) is 6.15. The van der Waals surface area contributed by atoms with Gasteiger partial charge in [0.05, 0.1) is 18.3 Å². The predicted octanol–water partition coefficient (Wildman–Crippen LogP) is 2.57. The number of aliphatic hydroxyl groups is 1. The number of aliphatic hydroxyl groups excluding tert-OH is 1. The first-order valence-electron chi connectivity index (χ1n) is 8.47. The molecule has 122 valence electrons. The fraction of sp³-hybridized carbons (Fsp3) is 0.667. The second kappa shape index (κ2) is 6.47. The minimum atomic E-state index is -0.394. The van der Waals surface area contributed by atoms with E-state index in [4.69, 9.17) is 4.74 Å². The van der Waals surface area contributed by atoms with Crippen LogP contribution in [0.2, 0.25) is 0 Å². The first-order chi connectivity index (χ1) is 10.6. The number of rotatable bonds is 3. The van der Waals surface area contributed by atoms with Crippen molar-refractivity contribution in [3.8, 4) is 5.75 Å². The molecule has 0 saturated carbocycles. The van der Waals surface area contributed by atoms with E-state index in [1.54, 1.807) is 0 Å². The Morgan fingerprint density at radius 3 is 2.86 bits per heavy atom. The van der Waals surface area contributed by atoms with E-state index in [0.29, 0.717) is 11.8 Å². The highest BCUT2D eigenvalue weighted by molar-refractivity contribution is 5.61. The smallest absolute Gasteiger partial charge is 0.143 e. The number of nitrogens with zero attached hydrogens (tertiary/aromatic N) is 1. The van der Waals surface area contributed by atoms with Gasteiger partial charge in [0.1, 0.15) is 11.9 Å². The van der Waals surface area contributed by atoms with Crippen LogP contribution in [-0.2, 0) is 0 Å². The van der Waals surface area contributed by atoms with E-state index in [9.17, 15) is 5.11 Å². The van der Waals surface area contributed by atoms with Crippen molar-refractivity contribution in [1.82, 2.24) is 5.32 Å². The molecule has 4 heteroatoms. The minimum absolute atomic E-state index is 0.232. The molecule has 2 heterocycles. The van der Waals surface area contributed by atoms with Crippen LogP contribution in [0.3, 0.4) is 0 Å². The van der Waals surface area contributed by atoms with Crippen molar-refractivity contribution in [2.75, 3.05) is 31.6 Å². The lowest BCUT2D eigenvalue weighted by atomic mass is 9.89. The van der Waals surface area contributed by atoms with Gasteiger partial charge in [-0.2, -0.15) is 0 Å². The highest BCUT2D eigenvalue weighted by Crippen LogP contribution is 2.38. The molecule has 1 aromatic carbocycles. The number of nitrogens with one attached hydrogen (secondary N) is 1. The van der Waals surface area contributed by atoms with Crippen molar-refractivity contribution >= 4 is 5.69 Å². The Hall–Kier alpha value is -1.26. The fourth-order valence-corrected chi connectivity index (χ4v) is 3.45. The topological polar surface area (TPSA) is 44.7 Å². The lowest BCUT2D eigenvalue weighted by Gasteiger charge is -2.36. The molecule has 0 bridgehead atoms. The Morgan fingerprint density at radius 2 is 2.18 bits per heavy atom. The minimum Gasteiger partial charge on any atom is -0.486 e. The zero-order valence-corrected chi connectivity index (χ0v) is 13.9. The summed E-state index contributed by atoms with van der Waals surface area (Å²) in [7, 11) is 2.11. The summed E-state index contributed by atoms with van der Waals surface area (Å²) in [5, 5.41) is 14.1. The zero-order valence-electron chi connectivity index (χ0n) is 13.9. The molecule has 2 aliphatic rings. The molecule has 0 aromatic heterocycles. The lowest BCUT2D eigenvalue weighted by Crippen LogP contribution is -2.40. The van der Waals surface area contributed by atoms with Crippen LogP contribution in [0, 0.1) is 11.8 Å². The Balaban J connectivity index is 1.80. The largest absolute Gasteiger partial charge is 0.486 e. The maximum atomic E-state index is 10.7. The molecule has 0 amide bonds. The van der Waals surface area contributed by atoms with E-state index in [1.807, 2.05) is 12.1 Å². The number of piperidine rings is 1. The monoisotopic (exact) mass is 304 g/mol. The zero-order chi connectivity index (χ0) is 15.7. The van der Waals surface area contributed by atoms with Gasteiger partial charge in [0.15, 0.2) is 0 Å². The number of benzene rings is 1. The molecule has 1 fully saturated rings. The summed E-state index contributed by atoms with van der Waals surface area (Å²) < 4.78 is 6.11. The summed E-state index contributed by atoms with van der Waals surface area (Å²) in [5.74, 6) is 1.74. The first-order valence-corrected chi connectivity index (χ1v) is 8.47. The Kier molecular flexibility index (Phi) is 4.59. The Morgan fingerprint density at radius 1 is 1.36 bits per heavy atom. The summed E-state index contributed by atoms with van der Waals surface area (Å²) in [6.07, 6.45) is 2.07. The highest BCUT2D eigenvalue weighted by atomic mass is 16.5. The van der Waals surface area contributed by atoms with E-state index in [2.05, 4.69) is 37.2 Å². The van der Waals surface area contributed by atoms with Crippen LogP contribution in [0.5, 0.6) is 5.75 Å². The fourth-order valence-electron chi connectivity index (χ4n) is 3.45. The van der Waals surface area contributed by atoms with Gasteiger partial charge in [0.25, 0.3) is 0 Å². The van der Waals surface area contributed by atoms with Gasteiger partial charge < -0.3 is 20.1 Å². The second-order valence-electron chi connectivity index (χ2n) is 7.06. The van der Waals surface area contributed by atoms with Crippen LogP contribution in [0.1, 0.15) is 38.4 Å². The lowest BCUT2D eigenvalue weighted by molar-refractivity contribution is 0.0918. The molecular formula is C18H28N2O2. The molecule has 0 spiro atoms. The quantitative estimate of drug-likeness (QED) is 0.901. The SMILES string of the molecule is CC(C)C1CN(C)c2cc(C(O)C3CCCNC3)ccc2O1. The number of anilines is 1. The van der Waals surface area contributed by atoms with Crippen LogP contribution >= 0.6 is 0 Å². The van der Waals surface area contributed by atoms with Crippen LogP contribution in [0.4, 0.5) is 5.69 Å². The molecule has 0 radical (unpaired) electrons. The van der Waals surface area contributed by atoms with E-state index in [0.717, 1.165) is 49.5 Å². The van der Waals surface area contributed by atoms with Crippen molar-refractivity contribution in [2.24, 2.45) is 11.8 Å². The third kappa shape index (κ3) is 3.08. The summed E-state index contributed by atoms with van der Waals surface area (Å²) in [4.78, 5) is 2.25. The third-order valence-electron chi connectivity index (χ3n) is 4.99. The summed E-state index contributed by atoms with van der Waals surface area (Å²) in [6.45, 7) is 7.26. The normalized spacial score (nSPS) is 26.5.